The van der Waals surface area contributed by atoms with Crippen molar-refractivity contribution >= 4 is 23.2 Å². The highest BCUT2D eigenvalue weighted by molar-refractivity contribution is 6.02. The van der Waals surface area contributed by atoms with Crippen LogP contribution in [0.4, 0.5) is 11.4 Å². The Bertz CT molecular complexity index is 514. The van der Waals surface area contributed by atoms with Crippen molar-refractivity contribution in [2.45, 2.75) is 12.8 Å². The summed E-state index contributed by atoms with van der Waals surface area (Å²) in [7, 11) is 0. The molecule has 1 aromatic carbocycles. The number of carbonyl (C=O) groups excluding carboxylic acids is 2. The van der Waals surface area contributed by atoms with Crippen LogP contribution in [0.25, 0.3) is 0 Å². The first-order valence-corrected chi connectivity index (χ1v) is 6.73. The molecule has 1 aliphatic rings. The van der Waals surface area contributed by atoms with Gasteiger partial charge in [-0.05, 0) is 18.6 Å². The lowest BCUT2D eigenvalue weighted by atomic mass is 10.2. The molecule has 1 aliphatic heterocycles. The number of hydrogen-bond acceptors (Lipinski definition) is 3. The highest BCUT2D eigenvalue weighted by atomic mass is 16.2. The monoisotopic (exact) mass is 273 g/mol. The van der Waals surface area contributed by atoms with Crippen LogP contribution in [0.15, 0.2) is 36.9 Å². The van der Waals surface area contributed by atoms with Gasteiger partial charge in [-0.2, -0.15) is 0 Å². The van der Waals surface area contributed by atoms with Gasteiger partial charge in [-0.15, -0.1) is 6.58 Å². The second-order valence-corrected chi connectivity index (χ2v) is 4.63. The van der Waals surface area contributed by atoms with Gasteiger partial charge in [-0.3, -0.25) is 9.59 Å². The number of hydrogen-bond donors (Lipinski definition) is 2. The van der Waals surface area contributed by atoms with Gasteiger partial charge in [0, 0.05) is 19.5 Å². The summed E-state index contributed by atoms with van der Waals surface area (Å²) in [5.74, 6) is -0.0255. The van der Waals surface area contributed by atoms with E-state index in [2.05, 4.69) is 17.2 Å². The Morgan fingerprint density at radius 2 is 2.20 bits per heavy atom. The van der Waals surface area contributed by atoms with Crippen LogP contribution in [0.2, 0.25) is 0 Å². The minimum absolute atomic E-state index is 0.108. The van der Waals surface area contributed by atoms with Crippen LogP contribution < -0.4 is 15.5 Å². The predicted octanol–water partition coefficient (Wildman–Crippen LogP) is 1.53. The first-order chi connectivity index (χ1) is 9.72. The van der Waals surface area contributed by atoms with Crippen LogP contribution in [0.5, 0.6) is 0 Å². The molecule has 0 atom stereocenters. The second-order valence-electron chi connectivity index (χ2n) is 4.63. The zero-order valence-corrected chi connectivity index (χ0v) is 11.4. The van der Waals surface area contributed by atoms with Gasteiger partial charge in [0.15, 0.2) is 0 Å². The number of benzene rings is 1. The summed E-state index contributed by atoms with van der Waals surface area (Å²) in [6.45, 7) is 5.09. The zero-order chi connectivity index (χ0) is 14.4. The zero-order valence-electron chi connectivity index (χ0n) is 11.4. The molecule has 0 unspecified atom stereocenters. The molecule has 106 valence electrons. The first-order valence-electron chi connectivity index (χ1n) is 6.73. The number of nitrogens with zero attached hydrogens (tertiary/aromatic N) is 1. The Hall–Kier alpha value is -2.14. The fraction of sp³-hybridized carbons (Fsp3) is 0.333. The van der Waals surface area contributed by atoms with Crippen LogP contribution in [-0.4, -0.2) is 31.4 Å². The maximum atomic E-state index is 11.8. The molecule has 0 saturated carbocycles. The van der Waals surface area contributed by atoms with Gasteiger partial charge >= 0.3 is 0 Å². The molecule has 0 aliphatic carbocycles. The minimum Gasteiger partial charge on any atom is -0.323 e. The van der Waals surface area contributed by atoms with E-state index < -0.39 is 0 Å². The maximum absolute atomic E-state index is 11.8. The molecule has 0 radical (unpaired) electrons. The molecule has 0 bridgehead atoms. The van der Waals surface area contributed by atoms with Crippen molar-refractivity contribution in [3.8, 4) is 0 Å². The molecule has 20 heavy (non-hydrogen) atoms. The third kappa shape index (κ3) is 3.45. The van der Waals surface area contributed by atoms with Gasteiger partial charge in [0.2, 0.25) is 11.8 Å². The molecule has 5 nitrogen and oxygen atoms in total. The second kappa shape index (κ2) is 6.86. The molecular formula is C15H19N3O2. The third-order valence-corrected chi connectivity index (χ3v) is 3.12. The molecule has 0 spiro atoms. The van der Waals surface area contributed by atoms with Crippen LogP contribution in [0.3, 0.4) is 0 Å². The van der Waals surface area contributed by atoms with E-state index in [9.17, 15) is 9.59 Å². The van der Waals surface area contributed by atoms with Gasteiger partial charge in [0.05, 0.1) is 17.9 Å². The van der Waals surface area contributed by atoms with Crippen molar-refractivity contribution in [1.82, 2.24) is 5.32 Å². The van der Waals surface area contributed by atoms with E-state index >= 15 is 0 Å². The molecule has 0 aromatic heterocycles. The third-order valence-electron chi connectivity index (χ3n) is 3.12. The lowest BCUT2D eigenvalue weighted by molar-refractivity contribution is -0.117. The van der Waals surface area contributed by atoms with Gasteiger partial charge in [0.25, 0.3) is 0 Å². The van der Waals surface area contributed by atoms with Crippen LogP contribution >= 0.6 is 0 Å². The fourth-order valence-electron chi connectivity index (χ4n) is 2.20. The van der Waals surface area contributed by atoms with Gasteiger partial charge < -0.3 is 15.5 Å². The average molecular weight is 273 g/mol. The Balaban J connectivity index is 2.06. The van der Waals surface area contributed by atoms with E-state index in [1.807, 2.05) is 24.3 Å². The number of rotatable bonds is 6. The molecule has 1 aromatic rings. The minimum atomic E-state index is -0.133. The van der Waals surface area contributed by atoms with E-state index in [0.29, 0.717) is 25.2 Å². The number of carbonyl (C=O) groups is 2. The summed E-state index contributed by atoms with van der Waals surface area (Å²) >= 11 is 0. The molecular weight excluding hydrogens is 254 g/mol. The Labute approximate surface area is 118 Å². The largest absolute Gasteiger partial charge is 0.323 e. The fourth-order valence-corrected chi connectivity index (χ4v) is 2.20. The summed E-state index contributed by atoms with van der Waals surface area (Å²) in [5, 5.41) is 5.78. The van der Waals surface area contributed by atoms with E-state index in [0.717, 1.165) is 12.1 Å². The predicted molar refractivity (Wildman–Crippen MR) is 79.7 cm³/mol. The first kappa shape index (κ1) is 14.3. The summed E-state index contributed by atoms with van der Waals surface area (Å²) in [6, 6.07) is 7.38. The number of nitrogens with one attached hydrogen (secondary N) is 2. The van der Waals surface area contributed by atoms with E-state index in [1.165, 1.54) is 0 Å². The summed E-state index contributed by atoms with van der Waals surface area (Å²) in [5.41, 5.74) is 1.44. The van der Waals surface area contributed by atoms with E-state index in [4.69, 9.17) is 0 Å². The lowest BCUT2D eigenvalue weighted by Crippen LogP contribution is -2.30. The van der Waals surface area contributed by atoms with Crippen molar-refractivity contribution in [2.24, 2.45) is 0 Å². The molecule has 1 saturated heterocycles. The molecule has 1 fully saturated rings. The average Bonchev–Trinajstić information content (AvgIpc) is 2.86. The van der Waals surface area contributed by atoms with Gasteiger partial charge in [-0.1, -0.05) is 18.2 Å². The van der Waals surface area contributed by atoms with Crippen molar-refractivity contribution < 1.29 is 9.59 Å². The van der Waals surface area contributed by atoms with Crippen LogP contribution in [-0.2, 0) is 9.59 Å². The van der Waals surface area contributed by atoms with Gasteiger partial charge in [0.1, 0.15) is 0 Å². The van der Waals surface area contributed by atoms with Crippen LogP contribution in [0.1, 0.15) is 12.8 Å². The number of anilines is 2. The number of para-hydroxylation sites is 2. The Morgan fingerprint density at radius 1 is 1.40 bits per heavy atom. The molecule has 2 N–H and O–H groups in total. The van der Waals surface area contributed by atoms with Crippen molar-refractivity contribution in [3.63, 3.8) is 0 Å². The standard InChI is InChI=1S/C15H19N3O2/c1-2-9-16-11-14(19)17-12-6-3-4-7-13(12)18-10-5-8-15(18)20/h2-4,6-7,16H,1,5,8-11H2,(H,17,19). The molecule has 5 heteroatoms. The van der Waals surface area contributed by atoms with Crippen molar-refractivity contribution in [3.05, 3.63) is 36.9 Å². The Kier molecular flexibility index (Phi) is 4.90. The summed E-state index contributed by atoms with van der Waals surface area (Å²) in [6.07, 6.45) is 3.13. The number of amides is 2. The van der Waals surface area contributed by atoms with Gasteiger partial charge in [-0.25, -0.2) is 0 Å². The smallest absolute Gasteiger partial charge is 0.238 e. The molecule has 2 amide bonds. The lowest BCUT2D eigenvalue weighted by Gasteiger charge is -2.20. The normalized spacial score (nSPS) is 14.4. The highest BCUT2D eigenvalue weighted by Gasteiger charge is 2.23. The van der Waals surface area contributed by atoms with E-state index in [-0.39, 0.29) is 18.4 Å². The van der Waals surface area contributed by atoms with Crippen molar-refractivity contribution in [1.29, 1.82) is 0 Å². The summed E-state index contributed by atoms with van der Waals surface area (Å²) < 4.78 is 0. The topological polar surface area (TPSA) is 61.4 Å². The highest BCUT2D eigenvalue weighted by Crippen LogP contribution is 2.29. The quantitative estimate of drug-likeness (QED) is 0.610. The summed E-state index contributed by atoms with van der Waals surface area (Å²) in [4.78, 5) is 25.4. The molecule has 2 rings (SSSR count). The SMILES string of the molecule is C=CCNCC(=O)Nc1ccccc1N1CCCC1=O. The van der Waals surface area contributed by atoms with Crippen LogP contribution in [0, 0.1) is 0 Å². The molecule has 1 heterocycles. The Morgan fingerprint density at radius 3 is 2.90 bits per heavy atom. The van der Waals surface area contributed by atoms with Crippen molar-refractivity contribution in [2.75, 3.05) is 29.9 Å². The van der Waals surface area contributed by atoms with E-state index in [1.54, 1.807) is 11.0 Å². The maximum Gasteiger partial charge on any atom is 0.238 e.